The molecule has 2 aromatic rings. The Morgan fingerprint density at radius 3 is 2.83 bits per heavy atom. The fraction of sp³-hybridized carbons (Fsp3) is 0.278. The number of amides is 2. The molecule has 0 saturated carbocycles. The summed E-state index contributed by atoms with van der Waals surface area (Å²) in [6.07, 6.45) is 1.59. The Balaban J connectivity index is 1.61. The van der Waals surface area contributed by atoms with E-state index in [2.05, 4.69) is 10.6 Å². The van der Waals surface area contributed by atoms with Crippen molar-refractivity contribution < 1.29 is 19.0 Å². The van der Waals surface area contributed by atoms with Crippen LogP contribution < -0.4 is 24.8 Å². The molecule has 6 heteroatoms. The summed E-state index contributed by atoms with van der Waals surface area (Å²) in [5.41, 5.74) is 3.39. The normalized spacial score (nSPS) is 14.2. The van der Waals surface area contributed by atoms with Crippen LogP contribution in [0.1, 0.15) is 11.1 Å². The van der Waals surface area contributed by atoms with E-state index in [-0.39, 0.29) is 6.03 Å². The molecule has 2 N–H and O–H groups in total. The second kappa shape index (κ2) is 5.96. The highest BCUT2D eigenvalue weighted by molar-refractivity contribution is 6.02. The van der Waals surface area contributed by atoms with Crippen molar-refractivity contribution in [3.63, 3.8) is 0 Å². The van der Waals surface area contributed by atoms with Gasteiger partial charge in [0, 0.05) is 24.0 Å². The quantitative estimate of drug-likeness (QED) is 0.909. The number of methoxy groups -OCH3 is 1. The molecule has 0 saturated heterocycles. The van der Waals surface area contributed by atoms with Crippen molar-refractivity contribution in [2.45, 2.75) is 12.8 Å². The summed E-state index contributed by atoms with van der Waals surface area (Å²) in [5.74, 6) is 2.21. The van der Waals surface area contributed by atoms with E-state index in [1.54, 1.807) is 19.2 Å². The summed E-state index contributed by atoms with van der Waals surface area (Å²) in [7, 11) is 1.57. The Bertz CT molecular complexity index is 772. The first-order valence-corrected chi connectivity index (χ1v) is 7.91. The van der Waals surface area contributed by atoms with Gasteiger partial charge in [0.05, 0.1) is 31.7 Å². The maximum Gasteiger partial charge on any atom is 0.323 e. The van der Waals surface area contributed by atoms with Gasteiger partial charge in [-0.1, -0.05) is 12.1 Å². The smallest absolute Gasteiger partial charge is 0.323 e. The Kier molecular flexibility index (Phi) is 3.65. The van der Waals surface area contributed by atoms with Crippen LogP contribution in [0.3, 0.4) is 0 Å². The van der Waals surface area contributed by atoms with Gasteiger partial charge in [-0.2, -0.15) is 0 Å². The minimum absolute atomic E-state index is 0.336. The lowest BCUT2D eigenvalue weighted by molar-refractivity contribution is 0.262. The Hall–Kier alpha value is -2.89. The second-order valence-corrected chi connectivity index (χ2v) is 5.69. The van der Waals surface area contributed by atoms with Gasteiger partial charge in [-0.05, 0) is 18.2 Å². The molecule has 2 aliphatic heterocycles. The fourth-order valence-corrected chi connectivity index (χ4v) is 3.13. The van der Waals surface area contributed by atoms with Crippen LogP contribution in [-0.2, 0) is 12.8 Å². The van der Waals surface area contributed by atoms with Crippen LogP contribution in [-0.4, -0.2) is 26.4 Å². The predicted molar refractivity (Wildman–Crippen MR) is 90.5 cm³/mol. The number of hydrogen-bond donors (Lipinski definition) is 2. The number of rotatable bonds is 3. The lowest BCUT2D eigenvalue weighted by Gasteiger charge is -2.15. The molecule has 6 nitrogen and oxygen atoms in total. The highest BCUT2D eigenvalue weighted by Gasteiger charge is 2.27. The highest BCUT2D eigenvalue weighted by atomic mass is 16.5. The number of fused-ring (bicyclic) bond motifs is 2. The van der Waals surface area contributed by atoms with E-state index in [0.717, 1.165) is 35.5 Å². The third-order valence-electron chi connectivity index (χ3n) is 4.24. The van der Waals surface area contributed by atoms with Crippen LogP contribution in [0.25, 0.3) is 0 Å². The average molecular weight is 326 g/mol. The van der Waals surface area contributed by atoms with E-state index < -0.39 is 0 Å². The Labute approximate surface area is 139 Å². The first kappa shape index (κ1) is 14.7. The number of carbonyl (C=O) groups excluding carboxylic acids is 1. The van der Waals surface area contributed by atoms with Crippen molar-refractivity contribution >= 4 is 17.4 Å². The standard InChI is InChI=1S/C18H18N2O4/c1-22-14-5-3-2-4-13(14)19-18(21)20-16-12-7-9-23-15(12)10-11-6-8-24-17(11)16/h2-5,10H,6-9H2,1H3,(H2,19,20,21). The number of benzene rings is 2. The first-order chi connectivity index (χ1) is 11.8. The van der Waals surface area contributed by atoms with Gasteiger partial charge in [0.1, 0.15) is 17.2 Å². The van der Waals surface area contributed by atoms with Crippen LogP contribution in [0, 0.1) is 0 Å². The van der Waals surface area contributed by atoms with E-state index in [0.29, 0.717) is 30.3 Å². The zero-order chi connectivity index (χ0) is 16.5. The number of ether oxygens (including phenoxy) is 3. The minimum atomic E-state index is -0.336. The van der Waals surface area contributed by atoms with Crippen molar-refractivity contribution in [3.05, 3.63) is 41.5 Å². The van der Waals surface area contributed by atoms with E-state index in [1.807, 2.05) is 18.2 Å². The maximum absolute atomic E-state index is 12.5. The van der Waals surface area contributed by atoms with Crippen molar-refractivity contribution in [1.29, 1.82) is 0 Å². The Morgan fingerprint density at radius 1 is 1.12 bits per heavy atom. The molecule has 4 rings (SSSR count). The van der Waals surface area contributed by atoms with Crippen LogP contribution in [0.4, 0.5) is 16.2 Å². The topological polar surface area (TPSA) is 68.8 Å². The highest BCUT2D eigenvalue weighted by Crippen LogP contribution is 2.44. The third kappa shape index (κ3) is 2.50. The summed E-state index contributed by atoms with van der Waals surface area (Å²) in [4.78, 5) is 12.5. The number of para-hydroxylation sites is 2. The summed E-state index contributed by atoms with van der Waals surface area (Å²) >= 11 is 0. The number of nitrogens with one attached hydrogen (secondary N) is 2. The average Bonchev–Trinajstić information content (AvgIpc) is 3.24. The molecule has 0 spiro atoms. The van der Waals surface area contributed by atoms with Gasteiger partial charge in [-0.15, -0.1) is 0 Å². The summed E-state index contributed by atoms with van der Waals surface area (Å²) < 4.78 is 16.6. The molecule has 2 aromatic carbocycles. The van der Waals surface area contributed by atoms with Crippen LogP contribution >= 0.6 is 0 Å². The second-order valence-electron chi connectivity index (χ2n) is 5.69. The molecular weight excluding hydrogens is 308 g/mol. The zero-order valence-electron chi connectivity index (χ0n) is 13.3. The van der Waals surface area contributed by atoms with Crippen LogP contribution in [0.15, 0.2) is 30.3 Å². The first-order valence-electron chi connectivity index (χ1n) is 7.91. The molecule has 0 fully saturated rings. The van der Waals surface area contributed by atoms with Crippen molar-refractivity contribution in [2.24, 2.45) is 0 Å². The zero-order valence-corrected chi connectivity index (χ0v) is 13.3. The van der Waals surface area contributed by atoms with E-state index in [9.17, 15) is 4.79 Å². The van der Waals surface area contributed by atoms with Crippen LogP contribution in [0.2, 0.25) is 0 Å². The lowest BCUT2D eigenvalue weighted by atomic mass is 10.0. The van der Waals surface area contributed by atoms with Crippen molar-refractivity contribution in [1.82, 2.24) is 0 Å². The van der Waals surface area contributed by atoms with E-state index >= 15 is 0 Å². The van der Waals surface area contributed by atoms with Gasteiger partial charge in [-0.3, -0.25) is 0 Å². The van der Waals surface area contributed by atoms with Gasteiger partial charge in [0.25, 0.3) is 0 Å². The Morgan fingerprint density at radius 2 is 1.96 bits per heavy atom. The number of urea groups is 1. The number of hydrogen-bond acceptors (Lipinski definition) is 4. The molecule has 24 heavy (non-hydrogen) atoms. The molecule has 0 atom stereocenters. The molecule has 2 heterocycles. The third-order valence-corrected chi connectivity index (χ3v) is 4.24. The molecule has 0 radical (unpaired) electrons. The molecule has 0 bridgehead atoms. The molecule has 2 aliphatic rings. The van der Waals surface area contributed by atoms with E-state index in [1.165, 1.54) is 0 Å². The van der Waals surface area contributed by atoms with Gasteiger partial charge in [0.2, 0.25) is 0 Å². The largest absolute Gasteiger partial charge is 0.495 e. The summed E-state index contributed by atoms with van der Waals surface area (Å²) in [6.45, 7) is 1.25. The SMILES string of the molecule is COc1ccccc1NC(=O)Nc1c2c(cc3c1OCC3)OCC2. The van der Waals surface area contributed by atoms with Gasteiger partial charge < -0.3 is 24.8 Å². The minimum Gasteiger partial charge on any atom is -0.495 e. The van der Waals surface area contributed by atoms with Crippen molar-refractivity contribution in [2.75, 3.05) is 31.0 Å². The molecule has 0 aromatic heterocycles. The lowest BCUT2D eigenvalue weighted by Crippen LogP contribution is -2.21. The van der Waals surface area contributed by atoms with Gasteiger partial charge >= 0.3 is 6.03 Å². The van der Waals surface area contributed by atoms with E-state index in [4.69, 9.17) is 14.2 Å². The van der Waals surface area contributed by atoms with Gasteiger partial charge in [0.15, 0.2) is 0 Å². The fourth-order valence-electron chi connectivity index (χ4n) is 3.13. The van der Waals surface area contributed by atoms with Gasteiger partial charge in [-0.25, -0.2) is 4.79 Å². The molecule has 0 aliphatic carbocycles. The molecular formula is C18H18N2O4. The summed E-state index contributed by atoms with van der Waals surface area (Å²) in [5, 5.41) is 5.75. The molecule has 124 valence electrons. The molecule has 0 unspecified atom stereocenters. The monoisotopic (exact) mass is 326 g/mol. The number of carbonyl (C=O) groups is 1. The summed E-state index contributed by atoms with van der Waals surface area (Å²) in [6, 6.07) is 8.96. The maximum atomic E-state index is 12.5. The van der Waals surface area contributed by atoms with Crippen molar-refractivity contribution in [3.8, 4) is 17.2 Å². The number of anilines is 2. The molecule has 2 amide bonds. The van der Waals surface area contributed by atoms with Crippen LogP contribution in [0.5, 0.6) is 17.2 Å². The predicted octanol–water partition coefficient (Wildman–Crippen LogP) is 3.21.